The Labute approximate surface area is 181 Å². The summed E-state index contributed by atoms with van der Waals surface area (Å²) in [5, 5.41) is 6.30. The molecule has 2 bridgehead atoms. The average Bonchev–Trinajstić information content (AvgIpc) is 2.66. The van der Waals surface area contributed by atoms with Crippen LogP contribution in [0.1, 0.15) is 58.6 Å². The van der Waals surface area contributed by atoms with E-state index in [0.717, 1.165) is 38.0 Å². The molecule has 0 saturated carbocycles. The predicted octanol–water partition coefficient (Wildman–Crippen LogP) is 3.52. The highest BCUT2D eigenvalue weighted by atomic mass is 16.5. The van der Waals surface area contributed by atoms with Crippen molar-refractivity contribution in [3.05, 3.63) is 35.4 Å². The van der Waals surface area contributed by atoms with E-state index >= 15 is 0 Å². The second kappa shape index (κ2) is 8.61. The van der Waals surface area contributed by atoms with Crippen molar-refractivity contribution in [2.24, 2.45) is 5.92 Å². The lowest BCUT2D eigenvalue weighted by Crippen LogP contribution is -2.67. The maximum Gasteiger partial charge on any atom is 0.316 e. The van der Waals surface area contributed by atoms with Gasteiger partial charge in [0.25, 0.3) is 0 Å². The molecule has 3 saturated heterocycles. The van der Waals surface area contributed by atoms with Crippen LogP contribution in [-0.2, 0) is 10.2 Å². The van der Waals surface area contributed by atoms with Gasteiger partial charge in [-0.1, -0.05) is 37.8 Å². The van der Waals surface area contributed by atoms with Gasteiger partial charge in [-0.3, -0.25) is 0 Å². The Bertz CT molecular complexity index is 811. The molecule has 0 aromatic heterocycles. The molecule has 3 aliphatic rings. The number of nitrogens with zero attached hydrogens (tertiary/aromatic N) is 1. The number of ether oxygens (including phenoxy) is 1. The summed E-state index contributed by atoms with van der Waals surface area (Å²) in [5.74, 6) is 6.98. The molecule has 164 valence electrons. The van der Waals surface area contributed by atoms with Gasteiger partial charge in [-0.05, 0) is 70.3 Å². The molecule has 4 rings (SSSR count). The van der Waals surface area contributed by atoms with Crippen LogP contribution in [0.4, 0.5) is 4.79 Å². The Morgan fingerprint density at radius 3 is 2.37 bits per heavy atom. The largest absolute Gasteiger partial charge is 0.384 e. The third kappa shape index (κ3) is 5.36. The summed E-state index contributed by atoms with van der Waals surface area (Å²) in [6, 6.07) is 8.13. The van der Waals surface area contributed by atoms with Crippen LogP contribution in [0.3, 0.4) is 0 Å². The molecule has 0 aliphatic carbocycles. The second-order valence-electron chi connectivity index (χ2n) is 10.3. The SMILES string of the molecule is COCC(C)(C)c1ccc(C#CC(C)(C)NC(=O)NC2(C)CN3CCC2CC3)cc1. The number of carbonyl (C=O) groups excluding carboxylic acids is 1. The number of urea groups is 1. The summed E-state index contributed by atoms with van der Waals surface area (Å²) in [4.78, 5) is 15.2. The highest BCUT2D eigenvalue weighted by Gasteiger charge is 2.44. The number of methoxy groups -OCH3 is 1. The van der Waals surface area contributed by atoms with E-state index in [1.54, 1.807) is 7.11 Å². The zero-order valence-corrected chi connectivity index (χ0v) is 19.4. The van der Waals surface area contributed by atoms with Crippen LogP contribution in [0.2, 0.25) is 0 Å². The summed E-state index contributed by atoms with van der Waals surface area (Å²) in [6.07, 6.45) is 2.33. The zero-order valence-electron chi connectivity index (χ0n) is 19.4. The van der Waals surface area contributed by atoms with E-state index in [2.05, 4.69) is 60.3 Å². The Kier molecular flexibility index (Phi) is 6.50. The van der Waals surface area contributed by atoms with Crippen molar-refractivity contribution >= 4 is 6.03 Å². The summed E-state index contributed by atoms with van der Waals surface area (Å²) in [6.45, 7) is 14.3. The van der Waals surface area contributed by atoms with Gasteiger partial charge in [-0.15, -0.1) is 0 Å². The minimum Gasteiger partial charge on any atom is -0.384 e. The first-order valence-electron chi connectivity index (χ1n) is 11.0. The molecular formula is C25H37N3O2. The molecular weight excluding hydrogens is 374 g/mol. The van der Waals surface area contributed by atoms with E-state index in [1.165, 1.54) is 5.56 Å². The molecule has 2 amide bonds. The molecule has 5 nitrogen and oxygen atoms in total. The van der Waals surface area contributed by atoms with Gasteiger partial charge in [0.15, 0.2) is 0 Å². The van der Waals surface area contributed by atoms with Crippen molar-refractivity contribution in [2.75, 3.05) is 33.4 Å². The number of piperidine rings is 3. The fraction of sp³-hybridized carbons (Fsp3) is 0.640. The van der Waals surface area contributed by atoms with Crippen molar-refractivity contribution in [3.8, 4) is 11.8 Å². The Hall–Kier alpha value is -2.03. The van der Waals surface area contributed by atoms with Crippen LogP contribution in [0.25, 0.3) is 0 Å². The molecule has 1 aromatic rings. The molecule has 1 unspecified atom stereocenters. The fourth-order valence-electron chi connectivity index (χ4n) is 4.75. The maximum atomic E-state index is 12.7. The number of nitrogens with one attached hydrogen (secondary N) is 2. The van der Waals surface area contributed by atoms with Gasteiger partial charge < -0.3 is 20.3 Å². The number of benzene rings is 1. The van der Waals surface area contributed by atoms with Crippen LogP contribution in [0.15, 0.2) is 24.3 Å². The molecule has 2 N–H and O–H groups in total. The van der Waals surface area contributed by atoms with E-state index in [0.29, 0.717) is 12.5 Å². The normalized spacial score (nSPS) is 25.9. The van der Waals surface area contributed by atoms with Crippen molar-refractivity contribution in [3.63, 3.8) is 0 Å². The first kappa shape index (κ1) is 22.7. The van der Waals surface area contributed by atoms with Crippen LogP contribution in [0.5, 0.6) is 0 Å². The lowest BCUT2D eigenvalue weighted by molar-refractivity contribution is 0.0226. The summed E-state index contributed by atoms with van der Waals surface area (Å²) in [5.41, 5.74) is 1.34. The smallest absolute Gasteiger partial charge is 0.316 e. The number of fused-ring (bicyclic) bond motifs is 3. The van der Waals surface area contributed by atoms with Crippen LogP contribution in [-0.4, -0.2) is 55.4 Å². The molecule has 0 radical (unpaired) electrons. The molecule has 1 aromatic carbocycles. The van der Waals surface area contributed by atoms with Gasteiger partial charge in [0.1, 0.15) is 0 Å². The molecule has 3 fully saturated rings. The second-order valence-corrected chi connectivity index (χ2v) is 10.3. The monoisotopic (exact) mass is 411 g/mol. The molecule has 30 heavy (non-hydrogen) atoms. The maximum absolute atomic E-state index is 12.7. The minimum atomic E-state index is -0.623. The van der Waals surface area contributed by atoms with Gasteiger partial charge in [-0.25, -0.2) is 4.79 Å². The summed E-state index contributed by atoms with van der Waals surface area (Å²) in [7, 11) is 1.73. The number of hydrogen-bond donors (Lipinski definition) is 2. The van der Waals surface area contributed by atoms with Gasteiger partial charge in [0.2, 0.25) is 0 Å². The Morgan fingerprint density at radius 2 is 1.83 bits per heavy atom. The van der Waals surface area contributed by atoms with Gasteiger partial charge >= 0.3 is 6.03 Å². The standard InChI is InChI=1S/C25H37N3O2/c1-23(2,18-30-6)20-9-7-19(8-10-20)11-14-24(3,4)26-22(29)27-25(5)17-28-15-12-21(25)13-16-28/h7-10,21H,12-13,15-18H2,1-6H3,(H2,26,27,29). The Morgan fingerprint density at radius 1 is 1.20 bits per heavy atom. The summed E-state index contributed by atoms with van der Waals surface area (Å²) < 4.78 is 5.32. The van der Waals surface area contributed by atoms with E-state index in [-0.39, 0.29) is 17.0 Å². The van der Waals surface area contributed by atoms with Crippen LogP contribution in [0, 0.1) is 17.8 Å². The van der Waals surface area contributed by atoms with Crippen molar-refractivity contribution in [2.45, 2.75) is 64.0 Å². The molecule has 5 heteroatoms. The van der Waals surface area contributed by atoms with E-state index < -0.39 is 5.54 Å². The molecule has 3 heterocycles. The lowest BCUT2D eigenvalue weighted by atomic mass is 9.74. The lowest BCUT2D eigenvalue weighted by Gasteiger charge is -2.52. The number of hydrogen-bond acceptors (Lipinski definition) is 3. The van der Waals surface area contributed by atoms with Crippen molar-refractivity contribution < 1.29 is 9.53 Å². The van der Waals surface area contributed by atoms with Crippen LogP contribution >= 0.6 is 0 Å². The van der Waals surface area contributed by atoms with Crippen molar-refractivity contribution in [1.82, 2.24) is 15.5 Å². The number of rotatable bonds is 5. The van der Waals surface area contributed by atoms with Gasteiger partial charge in [0.05, 0.1) is 17.7 Å². The summed E-state index contributed by atoms with van der Waals surface area (Å²) >= 11 is 0. The van der Waals surface area contributed by atoms with E-state index in [4.69, 9.17) is 4.74 Å². The van der Waals surface area contributed by atoms with Gasteiger partial charge in [-0.2, -0.15) is 0 Å². The van der Waals surface area contributed by atoms with Gasteiger partial charge in [0, 0.05) is 24.6 Å². The fourth-order valence-corrected chi connectivity index (χ4v) is 4.75. The molecule has 1 atom stereocenters. The van der Waals surface area contributed by atoms with E-state index in [1.807, 2.05) is 26.0 Å². The van der Waals surface area contributed by atoms with E-state index in [9.17, 15) is 4.79 Å². The highest BCUT2D eigenvalue weighted by molar-refractivity contribution is 5.76. The predicted molar refractivity (Wildman–Crippen MR) is 122 cm³/mol. The Balaban J connectivity index is 1.60. The van der Waals surface area contributed by atoms with Crippen molar-refractivity contribution in [1.29, 1.82) is 0 Å². The topological polar surface area (TPSA) is 53.6 Å². The quantitative estimate of drug-likeness (QED) is 0.729. The highest BCUT2D eigenvalue weighted by Crippen LogP contribution is 2.35. The third-order valence-corrected chi connectivity index (χ3v) is 6.56. The minimum absolute atomic E-state index is 0.0368. The molecule has 3 aliphatic heterocycles. The zero-order chi connectivity index (χ0) is 22.0. The number of carbonyl (C=O) groups is 1. The third-order valence-electron chi connectivity index (χ3n) is 6.56. The number of amides is 2. The van der Waals surface area contributed by atoms with Crippen LogP contribution < -0.4 is 10.6 Å². The first-order valence-corrected chi connectivity index (χ1v) is 11.0. The first-order chi connectivity index (χ1) is 14.0. The average molecular weight is 412 g/mol. The molecule has 0 spiro atoms.